The lowest BCUT2D eigenvalue weighted by atomic mass is 10.2. The summed E-state index contributed by atoms with van der Waals surface area (Å²) in [6, 6.07) is 18.9. The summed E-state index contributed by atoms with van der Waals surface area (Å²) >= 11 is 0. The van der Waals surface area contributed by atoms with Gasteiger partial charge in [-0.05, 0) is 36.4 Å². The van der Waals surface area contributed by atoms with E-state index in [1.54, 1.807) is 54.7 Å². The van der Waals surface area contributed by atoms with Crippen LogP contribution in [0.4, 0.5) is 0 Å². The maximum atomic E-state index is 13.1. The second-order valence-electron chi connectivity index (χ2n) is 5.85. The normalized spacial score (nSPS) is 12.1. The Labute approximate surface area is 157 Å². The Kier molecular flexibility index (Phi) is 4.52. The number of aromatic nitrogens is 3. The number of aromatic hydroxyl groups is 1. The highest BCUT2D eigenvalue weighted by Crippen LogP contribution is 2.22. The van der Waals surface area contributed by atoms with Gasteiger partial charge in [0.1, 0.15) is 11.1 Å². The van der Waals surface area contributed by atoms with E-state index in [-0.39, 0.29) is 22.0 Å². The van der Waals surface area contributed by atoms with Gasteiger partial charge in [0.15, 0.2) is 0 Å². The van der Waals surface area contributed by atoms with E-state index in [0.29, 0.717) is 16.9 Å². The van der Waals surface area contributed by atoms with Gasteiger partial charge in [0.05, 0.1) is 33.5 Å². The van der Waals surface area contributed by atoms with Gasteiger partial charge in [-0.1, -0.05) is 30.3 Å². The summed E-state index contributed by atoms with van der Waals surface area (Å²) in [5.41, 5.74) is 1.01. The van der Waals surface area contributed by atoms with Crippen LogP contribution >= 0.6 is 0 Å². The molecule has 1 unspecified atom stereocenters. The quantitative estimate of drug-likeness (QED) is 0.553. The van der Waals surface area contributed by atoms with E-state index in [2.05, 4.69) is 9.97 Å². The third-order valence-corrected chi connectivity index (χ3v) is 5.31. The van der Waals surface area contributed by atoms with Crippen molar-refractivity contribution in [1.82, 2.24) is 14.5 Å². The van der Waals surface area contributed by atoms with Gasteiger partial charge in [0.25, 0.3) is 5.56 Å². The van der Waals surface area contributed by atoms with Crippen molar-refractivity contribution in [3.63, 3.8) is 0 Å². The number of para-hydroxylation sites is 1. The molecule has 0 aliphatic carbocycles. The molecule has 2 heterocycles. The maximum absolute atomic E-state index is 13.1. The maximum Gasteiger partial charge on any atom is 0.270 e. The van der Waals surface area contributed by atoms with Crippen LogP contribution in [0.15, 0.2) is 82.9 Å². The van der Waals surface area contributed by atoms with E-state index in [9.17, 15) is 14.1 Å². The third-order valence-electron chi connectivity index (χ3n) is 4.07. The molecule has 1 N–H and O–H groups in total. The Morgan fingerprint density at radius 3 is 2.48 bits per heavy atom. The second-order valence-corrected chi connectivity index (χ2v) is 7.20. The summed E-state index contributed by atoms with van der Waals surface area (Å²) in [4.78, 5) is 21.8. The lowest BCUT2D eigenvalue weighted by Crippen LogP contribution is -2.25. The fourth-order valence-electron chi connectivity index (χ4n) is 2.83. The van der Waals surface area contributed by atoms with Crippen LogP contribution in [0.5, 0.6) is 5.75 Å². The Bertz CT molecular complexity index is 1190. The van der Waals surface area contributed by atoms with Crippen molar-refractivity contribution >= 4 is 21.7 Å². The molecule has 7 heteroatoms. The van der Waals surface area contributed by atoms with Gasteiger partial charge in [-0.2, -0.15) is 0 Å². The minimum absolute atomic E-state index is 0.0972. The fourth-order valence-corrected chi connectivity index (χ4v) is 3.99. The van der Waals surface area contributed by atoms with Crippen molar-refractivity contribution in [1.29, 1.82) is 0 Å². The zero-order valence-electron chi connectivity index (χ0n) is 14.1. The molecular weight excluding hydrogens is 362 g/mol. The van der Waals surface area contributed by atoms with Gasteiger partial charge in [0, 0.05) is 6.20 Å². The number of fused-ring (bicyclic) bond motifs is 1. The largest absolute Gasteiger partial charge is 0.507 e. The van der Waals surface area contributed by atoms with E-state index < -0.39 is 16.4 Å². The standard InChI is InChI=1S/C20H15N3O3S/c24-17-11-6-10-16-18(17)19(25)23(15-8-2-1-3-9-15)20(22-16)27(26)13-14-7-4-5-12-21-14/h1-12,24H,13H2. The zero-order chi connectivity index (χ0) is 18.8. The average molecular weight is 377 g/mol. The van der Waals surface area contributed by atoms with Crippen LogP contribution < -0.4 is 5.56 Å². The Morgan fingerprint density at radius 1 is 0.963 bits per heavy atom. The minimum Gasteiger partial charge on any atom is -0.507 e. The van der Waals surface area contributed by atoms with Crippen LogP contribution in [0.25, 0.3) is 16.6 Å². The molecule has 0 amide bonds. The molecule has 134 valence electrons. The average Bonchev–Trinajstić information content (AvgIpc) is 2.69. The molecule has 1 atom stereocenters. The topological polar surface area (TPSA) is 85.1 Å². The minimum atomic E-state index is -1.61. The van der Waals surface area contributed by atoms with Crippen LogP contribution in [-0.4, -0.2) is 23.9 Å². The molecule has 0 bridgehead atoms. The van der Waals surface area contributed by atoms with Gasteiger partial charge in [-0.3, -0.25) is 18.6 Å². The van der Waals surface area contributed by atoms with E-state index >= 15 is 0 Å². The molecule has 0 saturated heterocycles. The molecule has 4 rings (SSSR count). The van der Waals surface area contributed by atoms with Crippen LogP contribution in [0.2, 0.25) is 0 Å². The van der Waals surface area contributed by atoms with Crippen LogP contribution in [0, 0.1) is 0 Å². The first-order chi connectivity index (χ1) is 13.1. The highest BCUT2D eigenvalue weighted by molar-refractivity contribution is 7.84. The number of benzene rings is 2. The molecule has 0 spiro atoms. The molecule has 2 aromatic carbocycles. The number of nitrogens with zero attached hydrogens (tertiary/aromatic N) is 3. The summed E-state index contributed by atoms with van der Waals surface area (Å²) in [7, 11) is -1.61. The van der Waals surface area contributed by atoms with Gasteiger partial charge in [-0.15, -0.1) is 0 Å². The summed E-state index contributed by atoms with van der Waals surface area (Å²) in [5, 5.41) is 10.4. The second kappa shape index (κ2) is 7.13. The van der Waals surface area contributed by atoms with Crippen molar-refractivity contribution in [3.05, 3.63) is 89.0 Å². The Balaban J connectivity index is 1.96. The van der Waals surface area contributed by atoms with Crippen molar-refractivity contribution in [2.75, 3.05) is 0 Å². The van der Waals surface area contributed by atoms with Crippen LogP contribution in [0.1, 0.15) is 5.69 Å². The lowest BCUT2D eigenvalue weighted by Gasteiger charge is -2.13. The van der Waals surface area contributed by atoms with Crippen molar-refractivity contribution in [2.24, 2.45) is 0 Å². The first-order valence-corrected chi connectivity index (χ1v) is 9.55. The van der Waals surface area contributed by atoms with Gasteiger partial charge in [-0.25, -0.2) is 4.98 Å². The number of rotatable bonds is 4. The Morgan fingerprint density at radius 2 is 1.74 bits per heavy atom. The third kappa shape index (κ3) is 3.24. The molecular formula is C20H15N3O3S. The van der Waals surface area contributed by atoms with Crippen LogP contribution in [-0.2, 0) is 16.6 Å². The van der Waals surface area contributed by atoms with Crippen molar-refractivity contribution in [2.45, 2.75) is 10.9 Å². The Hall–Kier alpha value is -3.32. The van der Waals surface area contributed by atoms with Gasteiger partial charge < -0.3 is 5.11 Å². The molecule has 27 heavy (non-hydrogen) atoms. The molecule has 0 aliphatic heterocycles. The number of phenols is 1. The van der Waals surface area contributed by atoms with Gasteiger partial charge >= 0.3 is 0 Å². The summed E-state index contributed by atoms with van der Waals surface area (Å²) in [6.07, 6.45) is 1.63. The van der Waals surface area contributed by atoms with E-state index in [1.165, 1.54) is 10.6 Å². The zero-order valence-corrected chi connectivity index (χ0v) is 15.0. The number of hydrogen-bond donors (Lipinski definition) is 1. The summed E-state index contributed by atoms with van der Waals surface area (Å²) < 4.78 is 14.4. The van der Waals surface area contributed by atoms with E-state index in [0.717, 1.165) is 0 Å². The monoisotopic (exact) mass is 377 g/mol. The fraction of sp³-hybridized carbons (Fsp3) is 0.0500. The lowest BCUT2D eigenvalue weighted by molar-refractivity contribution is 0.480. The first-order valence-electron chi connectivity index (χ1n) is 8.23. The summed E-state index contributed by atoms with van der Waals surface area (Å²) in [5.74, 6) is -0.0264. The highest BCUT2D eigenvalue weighted by atomic mass is 32.2. The smallest absolute Gasteiger partial charge is 0.270 e. The number of pyridine rings is 1. The van der Waals surface area contributed by atoms with Crippen molar-refractivity contribution < 1.29 is 9.32 Å². The molecule has 0 saturated carbocycles. The van der Waals surface area contributed by atoms with Crippen molar-refractivity contribution in [3.8, 4) is 11.4 Å². The number of phenolic OH excluding ortho intramolecular Hbond substituents is 1. The SMILES string of the molecule is O=c1c2c(O)cccc2nc(S(=O)Cc2ccccn2)n1-c1ccccc1. The van der Waals surface area contributed by atoms with E-state index in [4.69, 9.17) is 0 Å². The summed E-state index contributed by atoms with van der Waals surface area (Å²) in [6.45, 7) is 0. The predicted molar refractivity (Wildman–Crippen MR) is 103 cm³/mol. The molecule has 0 fully saturated rings. The molecule has 2 aromatic heterocycles. The van der Waals surface area contributed by atoms with Gasteiger partial charge in [0.2, 0.25) is 5.16 Å². The van der Waals surface area contributed by atoms with E-state index in [1.807, 2.05) is 12.1 Å². The first kappa shape index (κ1) is 17.1. The number of hydrogen-bond acceptors (Lipinski definition) is 5. The molecule has 0 aliphatic rings. The predicted octanol–water partition coefficient (Wildman–Crippen LogP) is 2.79. The van der Waals surface area contributed by atoms with Crippen LogP contribution in [0.3, 0.4) is 0 Å². The highest BCUT2D eigenvalue weighted by Gasteiger charge is 2.20. The molecule has 4 aromatic rings. The molecule has 0 radical (unpaired) electrons. The molecule has 6 nitrogen and oxygen atoms in total.